The molecule has 1 heterocycles. The molecule has 4 nitrogen and oxygen atoms in total. The number of nitrogen functional groups attached to an aromatic ring is 1. The van der Waals surface area contributed by atoms with E-state index in [2.05, 4.69) is 50.0 Å². The van der Waals surface area contributed by atoms with Crippen molar-refractivity contribution < 1.29 is 4.74 Å². The molecule has 0 radical (unpaired) electrons. The first-order valence-electron chi connectivity index (χ1n) is 6.84. The van der Waals surface area contributed by atoms with Crippen molar-refractivity contribution >= 4 is 5.95 Å². The number of nitrogens with two attached hydrogens (primary N) is 1. The molecule has 2 aromatic rings. The second kappa shape index (κ2) is 5.67. The topological polar surface area (TPSA) is 53.1 Å². The molecule has 0 unspecified atom stereocenters. The van der Waals surface area contributed by atoms with Crippen LogP contribution in [-0.2, 0) is 16.7 Å². The van der Waals surface area contributed by atoms with Gasteiger partial charge in [0.05, 0.1) is 18.5 Å². The zero-order valence-electron chi connectivity index (χ0n) is 12.7. The van der Waals surface area contributed by atoms with Crippen LogP contribution in [0.5, 0.6) is 0 Å². The van der Waals surface area contributed by atoms with Gasteiger partial charge >= 0.3 is 0 Å². The summed E-state index contributed by atoms with van der Waals surface area (Å²) in [7, 11) is 1.69. The Kier molecular flexibility index (Phi) is 4.14. The quantitative estimate of drug-likeness (QED) is 0.931. The highest BCUT2D eigenvalue weighted by atomic mass is 16.5. The van der Waals surface area contributed by atoms with E-state index >= 15 is 0 Å². The Morgan fingerprint density at radius 3 is 2.40 bits per heavy atom. The minimum Gasteiger partial charge on any atom is -0.383 e. The normalized spacial score (nSPS) is 11.8. The van der Waals surface area contributed by atoms with E-state index in [1.807, 2.05) is 10.8 Å². The second-order valence-corrected chi connectivity index (χ2v) is 5.97. The molecule has 0 fully saturated rings. The number of anilines is 1. The van der Waals surface area contributed by atoms with Crippen molar-refractivity contribution in [1.29, 1.82) is 0 Å². The lowest BCUT2D eigenvalue weighted by Gasteiger charge is -2.19. The van der Waals surface area contributed by atoms with Gasteiger partial charge in [0.15, 0.2) is 0 Å². The first-order chi connectivity index (χ1) is 9.43. The summed E-state index contributed by atoms with van der Waals surface area (Å²) in [4.78, 5) is 4.20. The van der Waals surface area contributed by atoms with Crippen LogP contribution in [0.4, 0.5) is 5.95 Å². The number of rotatable bonds is 4. The predicted molar refractivity (Wildman–Crippen MR) is 82.7 cm³/mol. The van der Waals surface area contributed by atoms with Crippen LogP contribution in [0.1, 0.15) is 26.3 Å². The van der Waals surface area contributed by atoms with E-state index in [1.54, 1.807) is 7.11 Å². The van der Waals surface area contributed by atoms with Gasteiger partial charge in [-0.1, -0.05) is 45.0 Å². The Bertz CT molecular complexity index is 564. The molecule has 20 heavy (non-hydrogen) atoms. The maximum absolute atomic E-state index is 5.91. The van der Waals surface area contributed by atoms with E-state index in [9.17, 15) is 0 Å². The minimum atomic E-state index is 0.161. The molecule has 0 atom stereocenters. The van der Waals surface area contributed by atoms with Crippen LogP contribution in [0, 0.1) is 0 Å². The van der Waals surface area contributed by atoms with E-state index in [4.69, 9.17) is 10.5 Å². The Labute approximate surface area is 120 Å². The van der Waals surface area contributed by atoms with Gasteiger partial charge in [-0.3, -0.25) is 0 Å². The van der Waals surface area contributed by atoms with E-state index < -0.39 is 0 Å². The fourth-order valence-corrected chi connectivity index (χ4v) is 2.18. The Morgan fingerprint density at radius 1 is 1.20 bits per heavy atom. The Morgan fingerprint density at radius 2 is 1.85 bits per heavy atom. The van der Waals surface area contributed by atoms with Gasteiger partial charge in [-0.25, -0.2) is 4.98 Å². The average Bonchev–Trinajstić information content (AvgIpc) is 2.77. The summed E-state index contributed by atoms with van der Waals surface area (Å²) < 4.78 is 7.10. The van der Waals surface area contributed by atoms with Crippen molar-refractivity contribution in [3.05, 3.63) is 36.0 Å². The number of hydrogen-bond acceptors (Lipinski definition) is 3. The monoisotopic (exact) mass is 273 g/mol. The van der Waals surface area contributed by atoms with Crippen LogP contribution in [0.2, 0.25) is 0 Å². The average molecular weight is 273 g/mol. The van der Waals surface area contributed by atoms with Crippen LogP contribution < -0.4 is 5.73 Å². The maximum atomic E-state index is 5.91. The van der Waals surface area contributed by atoms with Crippen LogP contribution in [-0.4, -0.2) is 23.3 Å². The number of aromatic nitrogens is 2. The molecule has 0 amide bonds. The molecule has 4 heteroatoms. The van der Waals surface area contributed by atoms with Gasteiger partial charge in [0.25, 0.3) is 0 Å². The second-order valence-electron chi connectivity index (χ2n) is 5.97. The molecule has 1 aromatic carbocycles. The molecule has 0 aliphatic rings. The summed E-state index contributed by atoms with van der Waals surface area (Å²) >= 11 is 0. The smallest absolute Gasteiger partial charge is 0.200 e. The third-order valence-electron chi connectivity index (χ3n) is 3.45. The Balaban J connectivity index is 2.32. The van der Waals surface area contributed by atoms with Crippen LogP contribution in [0.25, 0.3) is 11.3 Å². The van der Waals surface area contributed by atoms with Gasteiger partial charge in [0.2, 0.25) is 5.95 Å². The van der Waals surface area contributed by atoms with Crippen molar-refractivity contribution in [1.82, 2.24) is 9.55 Å². The first-order valence-corrected chi connectivity index (χ1v) is 6.84. The molecule has 0 bridgehead atoms. The SMILES string of the molecule is COCCn1c(-c2ccc(C(C)(C)C)cc2)cnc1N. The molecule has 108 valence electrons. The van der Waals surface area contributed by atoms with E-state index in [0.717, 1.165) is 11.3 Å². The molecule has 0 spiro atoms. The number of methoxy groups -OCH3 is 1. The summed E-state index contributed by atoms with van der Waals surface area (Å²) in [6.07, 6.45) is 1.82. The van der Waals surface area contributed by atoms with Gasteiger partial charge in [0, 0.05) is 13.7 Å². The van der Waals surface area contributed by atoms with Gasteiger partial charge in [0.1, 0.15) is 0 Å². The summed E-state index contributed by atoms with van der Waals surface area (Å²) in [5.74, 6) is 0.525. The van der Waals surface area contributed by atoms with Crippen molar-refractivity contribution in [3.63, 3.8) is 0 Å². The summed E-state index contributed by atoms with van der Waals surface area (Å²) in [5, 5.41) is 0. The lowest BCUT2D eigenvalue weighted by atomic mass is 9.86. The maximum Gasteiger partial charge on any atom is 0.200 e. The predicted octanol–water partition coefficient (Wildman–Crippen LogP) is 3.08. The van der Waals surface area contributed by atoms with Crippen molar-refractivity contribution in [2.24, 2.45) is 0 Å². The zero-order valence-corrected chi connectivity index (χ0v) is 12.7. The lowest BCUT2D eigenvalue weighted by Crippen LogP contribution is -2.11. The molecule has 0 saturated carbocycles. The zero-order chi connectivity index (χ0) is 14.8. The van der Waals surface area contributed by atoms with Crippen molar-refractivity contribution in [3.8, 4) is 11.3 Å². The molecule has 0 aliphatic carbocycles. The fraction of sp³-hybridized carbons (Fsp3) is 0.438. The molecule has 1 aromatic heterocycles. The number of nitrogens with zero attached hydrogens (tertiary/aromatic N) is 2. The molecular formula is C16H23N3O. The number of imidazole rings is 1. The number of hydrogen-bond donors (Lipinski definition) is 1. The number of ether oxygens (including phenoxy) is 1. The largest absolute Gasteiger partial charge is 0.383 e. The first kappa shape index (κ1) is 14.6. The van der Waals surface area contributed by atoms with Gasteiger partial charge in [-0.05, 0) is 16.5 Å². The highest BCUT2D eigenvalue weighted by molar-refractivity contribution is 5.61. The van der Waals surface area contributed by atoms with Crippen molar-refractivity contribution in [2.45, 2.75) is 32.7 Å². The lowest BCUT2D eigenvalue weighted by molar-refractivity contribution is 0.188. The minimum absolute atomic E-state index is 0.161. The summed E-state index contributed by atoms with van der Waals surface area (Å²) in [5.41, 5.74) is 9.54. The molecular weight excluding hydrogens is 250 g/mol. The van der Waals surface area contributed by atoms with Crippen LogP contribution in [0.15, 0.2) is 30.5 Å². The van der Waals surface area contributed by atoms with Crippen LogP contribution in [0.3, 0.4) is 0 Å². The molecule has 2 N–H and O–H groups in total. The van der Waals surface area contributed by atoms with Gasteiger partial charge in [-0.2, -0.15) is 0 Å². The summed E-state index contributed by atoms with van der Waals surface area (Å²) in [6.45, 7) is 7.96. The van der Waals surface area contributed by atoms with Gasteiger partial charge in [-0.15, -0.1) is 0 Å². The van der Waals surface area contributed by atoms with Gasteiger partial charge < -0.3 is 15.0 Å². The highest BCUT2D eigenvalue weighted by Gasteiger charge is 2.14. The van der Waals surface area contributed by atoms with Crippen LogP contribution >= 0.6 is 0 Å². The Hall–Kier alpha value is -1.81. The third-order valence-corrected chi connectivity index (χ3v) is 3.45. The van der Waals surface area contributed by atoms with E-state index in [1.165, 1.54) is 5.56 Å². The molecule has 2 rings (SSSR count). The fourth-order valence-electron chi connectivity index (χ4n) is 2.18. The molecule has 0 aliphatic heterocycles. The van der Waals surface area contributed by atoms with E-state index in [0.29, 0.717) is 19.1 Å². The molecule has 0 saturated heterocycles. The standard InChI is InChI=1S/C16H23N3O/c1-16(2,3)13-7-5-12(6-8-13)14-11-18-15(17)19(14)9-10-20-4/h5-8,11H,9-10H2,1-4H3,(H2,17,18). The summed E-state index contributed by atoms with van der Waals surface area (Å²) in [6, 6.07) is 8.58. The third kappa shape index (κ3) is 3.02. The van der Waals surface area contributed by atoms with E-state index in [-0.39, 0.29) is 5.41 Å². The highest BCUT2D eigenvalue weighted by Crippen LogP contribution is 2.27. The van der Waals surface area contributed by atoms with Crippen molar-refractivity contribution in [2.75, 3.05) is 19.5 Å². The number of benzene rings is 1.